The zero-order valence-electron chi connectivity index (χ0n) is 13.9. The average Bonchev–Trinajstić information content (AvgIpc) is 3.36. The SMILES string of the molecule is Brc1ccccc1-c1nnc(C[NH2+][C@@H](c2ccccc2)c2ccco2)o1. The predicted octanol–water partition coefficient (Wildman–Crippen LogP) is 3.95. The van der Waals surface area contributed by atoms with Crippen LogP contribution in [-0.4, -0.2) is 10.2 Å². The Morgan fingerprint density at radius 3 is 2.50 bits per heavy atom. The molecule has 1 atom stereocenters. The Morgan fingerprint density at radius 1 is 0.923 bits per heavy atom. The molecule has 5 nitrogen and oxygen atoms in total. The maximum atomic E-state index is 5.84. The van der Waals surface area contributed by atoms with E-state index in [1.54, 1.807) is 6.26 Å². The van der Waals surface area contributed by atoms with E-state index in [1.165, 1.54) is 0 Å². The summed E-state index contributed by atoms with van der Waals surface area (Å²) in [5, 5.41) is 10.5. The highest BCUT2D eigenvalue weighted by molar-refractivity contribution is 9.10. The van der Waals surface area contributed by atoms with Crippen LogP contribution in [0.25, 0.3) is 11.5 Å². The van der Waals surface area contributed by atoms with Gasteiger partial charge in [0.15, 0.2) is 18.3 Å². The Morgan fingerprint density at radius 2 is 1.73 bits per heavy atom. The zero-order chi connectivity index (χ0) is 17.8. The molecule has 2 aromatic heterocycles. The first kappa shape index (κ1) is 16.8. The van der Waals surface area contributed by atoms with Gasteiger partial charge in [0.25, 0.3) is 5.89 Å². The van der Waals surface area contributed by atoms with Crippen molar-refractivity contribution in [3.05, 3.63) is 94.7 Å². The number of rotatable bonds is 6. The molecule has 4 aromatic rings. The summed E-state index contributed by atoms with van der Waals surface area (Å²) >= 11 is 3.51. The van der Waals surface area contributed by atoms with Crippen molar-refractivity contribution < 1.29 is 14.2 Å². The van der Waals surface area contributed by atoms with Gasteiger partial charge in [-0.3, -0.25) is 0 Å². The van der Waals surface area contributed by atoms with Gasteiger partial charge in [-0.05, 0) is 40.2 Å². The lowest BCUT2D eigenvalue weighted by atomic mass is 10.0. The van der Waals surface area contributed by atoms with Gasteiger partial charge >= 0.3 is 0 Å². The molecular formula is C20H17BrN3O2+. The molecule has 2 N–H and O–H groups in total. The van der Waals surface area contributed by atoms with Crippen molar-refractivity contribution in [2.75, 3.05) is 0 Å². The normalized spacial score (nSPS) is 12.2. The lowest BCUT2D eigenvalue weighted by Crippen LogP contribution is -2.84. The van der Waals surface area contributed by atoms with Gasteiger partial charge in [-0.2, -0.15) is 0 Å². The number of nitrogens with zero attached hydrogens (tertiary/aromatic N) is 2. The van der Waals surface area contributed by atoms with Crippen molar-refractivity contribution in [2.45, 2.75) is 12.6 Å². The second-order valence-corrected chi connectivity index (χ2v) is 6.68. The van der Waals surface area contributed by atoms with Crippen molar-refractivity contribution in [1.29, 1.82) is 0 Å². The van der Waals surface area contributed by atoms with Gasteiger partial charge in [0.2, 0.25) is 5.89 Å². The molecule has 0 radical (unpaired) electrons. The average molecular weight is 411 g/mol. The maximum absolute atomic E-state index is 5.84. The Balaban J connectivity index is 1.53. The number of benzene rings is 2. The molecule has 0 aliphatic heterocycles. The smallest absolute Gasteiger partial charge is 0.271 e. The third-order valence-corrected chi connectivity index (χ3v) is 4.80. The summed E-state index contributed by atoms with van der Waals surface area (Å²) in [7, 11) is 0. The molecule has 0 saturated carbocycles. The Labute approximate surface area is 159 Å². The maximum Gasteiger partial charge on any atom is 0.271 e. The quantitative estimate of drug-likeness (QED) is 0.522. The Kier molecular flexibility index (Phi) is 4.95. The lowest BCUT2D eigenvalue weighted by Gasteiger charge is -2.12. The second kappa shape index (κ2) is 7.68. The van der Waals surface area contributed by atoms with Crippen LogP contribution in [0.3, 0.4) is 0 Å². The summed E-state index contributed by atoms with van der Waals surface area (Å²) in [6.45, 7) is 0.553. The van der Waals surface area contributed by atoms with Gasteiger partial charge in [-0.1, -0.05) is 42.5 Å². The molecule has 0 bridgehead atoms. The van der Waals surface area contributed by atoms with E-state index in [1.807, 2.05) is 54.6 Å². The van der Waals surface area contributed by atoms with E-state index in [9.17, 15) is 0 Å². The third-order valence-electron chi connectivity index (χ3n) is 4.11. The first-order valence-electron chi connectivity index (χ1n) is 8.30. The molecule has 0 aliphatic carbocycles. The highest BCUT2D eigenvalue weighted by Crippen LogP contribution is 2.26. The molecular weight excluding hydrogens is 394 g/mol. The van der Waals surface area contributed by atoms with E-state index in [4.69, 9.17) is 8.83 Å². The first-order chi connectivity index (χ1) is 12.8. The minimum absolute atomic E-state index is 0.0324. The second-order valence-electron chi connectivity index (χ2n) is 5.82. The fraction of sp³-hybridized carbons (Fsp3) is 0.100. The third kappa shape index (κ3) is 3.61. The van der Waals surface area contributed by atoms with Crippen molar-refractivity contribution in [2.24, 2.45) is 0 Å². The fourth-order valence-electron chi connectivity index (χ4n) is 2.84. The number of nitrogens with two attached hydrogens (primary N) is 1. The summed E-state index contributed by atoms with van der Waals surface area (Å²) in [5.74, 6) is 1.97. The largest absolute Gasteiger partial charge is 0.463 e. The number of furan rings is 1. The van der Waals surface area contributed by atoms with Crippen LogP contribution in [0.4, 0.5) is 0 Å². The van der Waals surface area contributed by atoms with Crippen molar-refractivity contribution in [3.8, 4) is 11.5 Å². The predicted molar refractivity (Wildman–Crippen MR) is 100 cm³/mol. The van der Waals surface area contributed by atoms with Gasteiger partial charge in [0.1, 0.15) is 0 Å². The van der Waals surface area contributed by atoms with Crippen LogP contribution in [0, 0.1) is 0 Å². The van der Waals surface area contributed by atoms with Crippen LogP contribution >= 0.6 is 15.9 Å². The lowest BCUT2D eigenvalue weighted by molar-refractivity contribution is -0.706. The van der Waals surface area contributed by atoms with Crippen LogP contribution in [-0.2, 0) is 6.54 Å². The van der Waals surface area contributed by atoms with Crippen molar-refractivity contribution in [3.63, 3.8) is 0 Å². The number of quaternary nitrogens is 1. The molecule has 0 unspecified atom stereocenters. The molecule has 0 aliphatic rings. The van der Waals surface area contributed by atoms with E-state index >= 15 is 0 Å². The Hall–Kier alpha value is -2.70. The van der Waals surface area contributed by atoms with Gasteiger partial charge in [0, 0.05) is 10.0 Å². The van der Waals surface area contributed by atoms with Crippen LogP contribution < -0.4 is 5.32 Å². The molecule has 0 spiro atoms. The van der Waals surface area contributed by atoms with Crippen molar-refractivity contribution >= 4 is 15.9 Å². The zero-order valence-corrected chi connectivity index (χ0v) is 15.5. The van der Waals surface area contributed by atoms with Gasteiger partial charge < -0.3 is 14.2 Å². The van der Waals surface area contributed by atoms with E-state index in [2.05, 4.69) is 43.6 Å². The van der Waals surface area contributed by atoms with Crippen LogP contribution in [0.5, 0.6) is 0 Å². The van der Waals surface area contributed by atoms with E-state index in [-0.39, 0.29) is 6.04 Å². The van der Waals surface area contributed by atoms with Gasteiger partial charge in [-0.25, -0.2) is 0 Å². The van der Waals surface area contributed by atoms with E-state index in [0.29, 0.717) is 18.3 Å². The summed E-state index contributed by atoms with van der Waals surface area (Å²) in [6, 6.07) is 21.9. The summed E-state index contributed by atoms with van der Waals surface area (Å²) in [4.78, 5) is 0. The monoisotopic (exact) mass is 410 g/mol. The molecule has 26 heavy (non-hydrogen) atoms. The summed E-state index contributed by atoms with van der Waals surface area (Å²) < 4.78 is 12.4. The molecule has 0 saturated heterocycles. The molecule has 2 aromatic carbocycles. The number of aromatic nitrogens is 2. The van der Waals surface area contributed by atoms with Gasteiger partial charge in [-0.15, -0.1) is 10.2 Å². The first-order valence-corrected chi connectivity index (χ1v) is 9.09. The molecule has 130 valence electrons. The summed E-state index contributed by atoms with van der Waals surface area (Å²) in [5.41, 5.74) is 2.05. The topological polar surface area (TPSA) is 68.7 Å². The van der Waals surface area contributed by atoms with Crippen LogP contribution in [0.1, 0.15) is 23.3 Å². The molecule has 0 amide bonds. The standard InChI is InChI=1S/C20H16BrN3O2/c21-16-10-5-4-9-15(16)20-24-23-18(26-20)13-22-19(17-11-6-12-25-17)14-7-2-1-3-8-14/h1-12,19,22H,13H2/p+1/t19-/m0/s1. The number of hydrogen-bond donors (Lipinski definition) is 1. The van der Waals surface area contributed by atoms with E-state index in [0.717, 1.165) is 21.4 Å². The minimum Gasteiger partial charge on any atom is -0.463 e. The molecule has 4 rings (SSSR count). The molecule has 0 fully saturated rings. The summed E-state index contributed by atoms with van der Waals surface area (Å²) in [6.07, 6.45) is 1.69. The highest BCUT2D eigenvalue weighted by atomic mass is 79.9. The minimum atomic E-state index is 0.0324. The number of hydrogen-bond acceptors (Lipinski definition) is 4. The van der Waals surface area contributed by atoms with E-state index < -0.39 is 0 Å². The molecule has 2 heterocycles. The van der Waals surface area contributed by atoms with Gasteiger partial charge in [0.05, 0.1) is 11.8 Å². The fourth-order valence-corrected chi connectivity index (χ4v) is 3.30. The van der Waals surface area contributed by atoms with Crippen molar-refractivity contribution in [1.82, 2.24) is 10.2 Å². The number of halogens is 1. The van der Waals surface area contributed by atoms with Crippen LogP contribution in [0.2, 0.25) is 0 Å². The van der Waals surface area contributed by atoms with Crippen LogP contribution in [0.15, 0.2) is 86.3 Å². The molecule has 6 heteroatoms. The highest BCUT2D eigenvalue weighted by Gasteiger charge is 2.21. The Bertz CT molecular complexity index is 968.